The van der Waals surface area contributed by atoms with Crippen molar-refractivity contribution in [1.82, 2.24) is 4.98 Å². The molecule has 0 saturated heterocycles. The van der Waals surface area contributed by atoms with Crippen molar-refractivity contribution in [2.75, 3.05) is 5.32 Å². The summed E-state index contributed by atoms with van der Waals surface area (Å²) in [6.45, 7) is 0. The lowest BCUT2D eigenvalue weighted by Gasteiger charge is -2.07. The van der Waals surface area contributed by atoms with E-state index in [0.717, 1.165) is 9.26 Å². The number of halogens is 3. The number of amides is 1. The maximum atomic E-state index is 13.6. The first kappa shape index (κ1) is 15.4. The highest BCUT2D eigenvalue weighted by atomic mass is 127. The number of anilines is 1. The normalized spacial score (nSPS) is 10.3. The summed E-state index contributed by atoms with van der Waals surface area (Å²) in [6, 6.07) is 6.59. The van der Waals surface area contributed by atoms with E-state index in [9.17, 15) is 9.18 Å². The first-order valence-corrected chi connectivity index (χ1v) is 7.77. The molecule has 0 aliphatic carbocycles. The van der Waals surface area contributed by atoms with Crippen LogP contribution in [0.5, 0.6) is 0 Å². The highest BCUT2D eigenvalue weighted by Crippen LogP contribution is 2.18. The van der Waals surface area contributed by atoms with Crippen LogP contribution in [0.15, 0.2) is 41.1 Å². The van der Waals surface area contributed by atoms with Crippen LogP contribution >= 0.6 is 38.5 Å². The first-order chi connectivity index (χ1) is 9.56. The van der Waals surface area contributed by atoms with Gasteiger partial charge in [-0.15, -0.1) is 0 Å². The molecule has 3 nitrogen and oxygen atoms in total. The summed E-state index contributed by atoms with van der Waals surface area (Å²) >= 11 is 5.30. The lowest BCUT2D eigenvalue weighted by Crippen LogP contribution is -2.13. The van der Waals surface area contributed by atoms with E-state index in [-0.39, 0.29) is 18.1 Å². The molecule has 6 heteroatoms. The van der Waals surface area contributed by atoms with E-state index in [0.29, 0.717) is 16.5 Å². The standard InChI is InChI=1S/C14H11BrFIN2O/c15-10-3-1-9(11(16)7-10)2-4-14(20)19-13-5-6-18-8-12(13)17/h1,3,5-8H,2,4H2,(H,18,19,20). The van der Waals surface area contributed by atoms with Crippen molar-refractivity contribution in [3.05, 3.63) is 56.1 Å². The number of pyridine rings is 1. The Labute approximate surface area is 138 Å². The van der Waals surface area contributed by atoms with Gasteiger partial charge in [-0.2, -0.15) is 0 Å². The molecule has 0 radical (unpaired) electrons. The zero-order valence-electron chi connectivity index (χ0n) is 10.4. The fourth-order valence-corrected chi connectivity index (χ4v) is 2.47. The quantitative estimate of drug-likeness (QED) is 0.713. The molecule has 20 heavy (non-hydrogen) atoms. The van der Waals surface area contributed by atoms with Crippen LogP contribution < -0.4 is 5.32 Å². The van der Waals surface area contributed by atoms with Gasteiger partial charge < -0.3 is 5.32 Å². The van der Waals surface area contributed by atoms with Crippen molar-refractivity contribution in [3.63, 3.8) is 0 Å². The zero-order valence-corrected chi connectivity index (χ0v) is 14.1. The Morgan fingerprint density at radius 1 is 1.40 bits per heavy atom. The molecule has 0 atom stereocenters. The van der Waals surface area contributed by atoms with Gasteiger partial charge in [0.1, 0.15) is 5.82 Å². The number of aromatic nitrogens is 1. The van der Waals surface area contributed by atoms with E-state index in [1.54, 1.807) is 30.6 Å². The van der Waals surface area contributed by atoms with Crippen LogP contribution in [0.2, 0.25) is 0 Å². The second-order valence-electron chi connectivity index (χ2n) is 4.14. The molecule has 0 fully saturated rings. The fraction of sp³-hybridized carbons (Fsp3) is 0.143. The predicted molar refractivity (Wildman–Crippen MR) is 88.0 cm³/mol. The van der Waals surface area contributed by atoms with E-state index in [2.05, 4.69) is 48.8 Å². The van der Waals surface area contributed by atoms with Crippen LogP contribution in [0, 0.1) is 9.39 Å². The second-order valence-corrected chi connectivity index (χ2v) is 6.22. The smallest absolute Gasteiger partial charge is 0.224 e. The number of hydrogen-bond acceptors (Lipinski definition) is 2. The van der Waals surface area contributed by atoms with E-state index in [1.807, 2.05) is 0 Å². The average Bonchev–Trinajstić information content (AvgIpc) is 2.40. The fourth-order valence-electron chi connectivity index (χ4n) is 1.66. The highest BCUT2D eigenvalue weighted by Gasteiger charge is 2.08. The second kappa shape index (κ2) is 7.12. The number of hydrogen-bond donors (Lipinski definition) is 1. The average molecular weight is 449 g/mol. The third-order valence-corrected chi connectivity index (χ3v) is 4.04. The van der Waals surface area contributed by atoms with E-state index in [1.165, 1.54) is 6.07 Å². The monoisotopic (exact) mass is 448 g/mol. The van der Waals surface area contributed by atoms with Gasteiger partial charge in [0, 0.05) is 23.3 Å². The largest absolute Gasteiger partial charge is 0.325 e. The lowest BCUT2D eigenvalue weighted by molar-refractivity contribution is -0.116. The van der Waals surface area contributed by atoms with Crippen LogP contribution in [-0.4, -0.2) is 10.9 Å². The molecule has 1 aromatic carbocycles. The van der Waals surface area contributed by atoms with Crippen LogP contribution in [0.3, 0.4) is 0 Å². The Morgan fingerprint density at radius 3 is 2.90 bits per heavy atom. The molecule has 1 amide bonds. The van der Waals surface area contributed by atoms with Crippen molar-refractivity contribution >= 4 is 50.1 Å². The summed E-state index contributed by atoms with van der Waals surface area (Å²) in [7, 11) is 0. The lowest BCUT2D eigenvalue weighted by atomic mass is 10.1. The van der Waals surface area contributed by atoms with Crippen LogP contribution in [0.4, 0.5) is 10.1 Å². The minimum absolute atomic E-state index is 0.142. The van der Waals surface area contributed by atoms with Gasteiger partial charge in [0.2, 0.25) is 5.91 Å². The van der Waals surface area contributed by atoms with Crippen LogP contribution in [-0.2, 0) is 11.2 Å². The van der Waals surface area contributed by atoms with E-state index < -0.39 is 0 Å². The summed E-state index contributed by atoms with van der Waals surface area (Å²) in [5, 5.41) is 2.79. The van der Waals surface area contributed by atoms with Gasteiger partial charge >= 0.3 is 0 Å². The van der Waals surface area contributed by atoms with E-state index >= 15 is 0 Å². The molecule has 2 aromatic rings. The first-order valence-electron chi connectivity index (χ1n) is 5.89. The zero-order chi connectivity index (χ0) is 14.5. The molecule has 104 valence electrons. The molecule has 0 aliphatic heterocycles. The summed E-state index contributed by atoms with van der Waals surface area (Å²) in [5.74, 6) is -0.442. The molecule has 1 aromatic heterocycles. The minimum Gasteiger partial charge on any atom is -0.325 e. The molecular weight excluding hydrogens is 438 g/mol. The summed E-state index contributed by atoms with van der Waals surface area (Å²) in [5.41, 5.74) is 1.26. The molecule has 0 aliphatic rings. The topological polar surface area (TPSA) is 42.0 Å². The number of carbonyl (C=O) groups excluding carboxylic acids is 1. The Morgan fingerprint density at radius 2 is 2.20 bits per heavy atom. The van der Waals surface area contributed by atoms with Gasteiger partial charge in [0.15, 0.2) is 0 Å². The molecular formula is C14H11BrFIN2O. The Bertz CT molecular complexity index is 636. The van der Waals surface area contributed by atoms with Crippen molar-refractivity contribution in [1.29, 1.82) is 0 Å². The third-order valence-electron chi connectivity index (χ3n) is 2.68. The molecule has 0 unspecified atom stereocenters. The number of aryl methyl sites for hydroxylation is 1. The number of nitrogens with zero attached hydrogens (tertiary/aromatic N) is 1. The third kappa shape index (κ3) is 4.24. The van der Waals surface area contributed by atoms with Crippen molar-refractivity contribution in [2.45, 2.75) is 12.8 Å². The predicted octanol–water partition coefficient (Wildman–Crippen LogP) is 4.16. The Kier molecular flexibility index (Phi) is 5.47. The van der Waals surface area contributed by atoms with Gasteiger partial charge in [-0.3, -0.25) is 9.78 Å². The van der Waals surface area contributed by atoms with Gasteiger partial charge in [-0.05, 0) is 52.8 Å². The number of carbonyl (C=O) groups is 1. The van der Waals surface area contributed by atoms with Crippen molar-refractivity contribution in [3.8, 4) is 0 Å². The maximum absolute atomic E-state index is 13.6. The van der Waals surface area contributed by atoms with Gasteiger partial charge in [-0.1, -0.05) is 22.0 Å². The molecule has 0 spiro atoms. The molecule has 1 N–H and O–H groups in total. The molecule has 1 heterocycles. The van der Waals surface area contributed by atoms with Crippen LogP contribution in [0.1, 0.15) is 12.0 Å². The van der Waals surface area contributed by atoms with Gasteiger partial charge in [0.05, 0.1) is 9.26 Å². The number of rotatable bonds is 4. The number of nitrogens with one attached hydrogen (secondary N) is 1. The summed E-state index contributed by atoms with van der Waals surface area (Å²) in [4.78, 5) is 15.8. The van der Waals surface area contributed by atoms with Crippen molar-refractivity contribution in [2.24, 2.45) is 0 Å². The van der Waals surface area contributed by atoms with Gasteiger partial charge in [-0.25, -0.2) is 4.39 Å². The number of benzene rings is 1. The SMILES string of the molecule is O=C(CCc1ccc(Br)cc1F)Nc1ccncc1I. The highest BCUT2D eigenvalue weighted by molar-refractivity contribution is 14.1. The Balaban J connectivity index is 1.94. The molecule has 0 saturated carbocycles. The molecule has 2 rings (SSSR count). The van der Waals surface area contributed by atoms with Gasteiger partial charge in [0.25, 0.3) is 0 Å². The minimum atomic E-state index is -0.300. The van der Waals surface area contributed by atoms with Crippen LogP contribution in [0.25, 0.3) is 0 Å². The summed E-state index contributed by atoms with van der Waals surface area (Å²) in [6.07, 6.45) is 3.89. The van der Waals surface area contributed by atoms with Crippen molar-refractivity contribution < 1.29 is 9.18 Å². The molecule has 0 bridgehead atoms. The summed E-state index contributed by atoms with van der Waals surface area (Å²) < 4.78 is 15.2. The maximum Gasteiger partial charge on any atom is 0.224 e. The van der Waals surface area contributed by atoms with E-state index in [4.69, 9.17) is 0 Å². The Hall–Kier alpha value is -1.02.